The average molecular weight is 701 g/mol. The van der Waals surface area contributed by atoms with E-state index in [1.807, 2.05) is 6.07 Å². The molecule has 0 saturated heterocycles. The van der Waals surface area contributed by atoms with Crippen molar-refractivity contribution in [2.45, 2.75) is 0 Å². The minimum Gasteiger partial charge on any atom is -0.456 e. The summed E-state index contributed by atoms with van der Waals surface area (Å²) in [6.45, 7) is 0. The maximum absolute atomic E-state index is 6.70. The van der Waals surface area contributed by atoms with Crippen LogP contribution in [0.25, 0.3) is 99.1 Å². The molecule has 1 aliphatic rings. The van der Waals surface area contributed by atoms with E-state index in [0.717, 1.165) is 39.5 Å². The fraction of sp³-hybridized carbons (Fsp3) is 0. The van der Waals surface area contributed by atoms with Crippen molar-refractivity contribution in [1.82, 2.24) is 9.13 Å². The molecule has 0 radical (unpaired) electrons. The first-order valence-electron chi connectivity index (χ1n) is 18.8. The summed E-state index contributed by atoms with van der Waals surface area (Å²) in [6.07, 6.45) is 0. The molecule has 0 saturated carbocycles. The smallest absolute Gasteiger partial charge is 0.138 e. The second-order valence-corrected chi connectivity index (χ2v) is 14.5. The number of fused-ring (bicyclic) bond motifs is 9. The highest BCUT2D eigenvalue weighted by atomic mass is 16.5. The number of rotatable bonds is 4. The van der Waals surface area contributed by atoms with Crippen molar-refractivity contribution in [3.63, 3.8) is 0 Å². The van der Waals surface area contributed by atoms with Gasteiger partial charge in [-0.2, -0.15) is 0 Å². The van der Waals surface area contributed by atoms with Crippen LogP contribution in [-0.4, -0.2) is 9.13 Å². The van der Waals surface area contributed by atoms with Crippen molar-refractivity contribution in [2.24, 2.45) is 0 Å². The van der Waals surface area contributed by atoms with Gasteiger partial charge in [-0.3, -0.25) is 0 Å². The lowest BCUT2D eigenvalue weighted by Gasteiger charge is -2.22. The van der Waals surface area contributed by atoms with Crippen LogP contribution < -0.4 is 4.74 Å². The van der Waals surface area contributed by atoms with Crippen molar-refractivity contribution in [3.05, 3.63) is 194 Å². The zero-order valence-corrected chi connectivity index (χ0v) is 29.8. The fourth-order valence-electron chi connectivity index (χ4n) is 9.07. The quantitative estimate of drug-likeness (QED) is 0.179. The van der Waals surface area contributed by atoms with E-state index in [2.05, 4.69) is 197 Å². The fourth-order valence-corrected chi connectivity index (χ4v) is 9.07. The molecule has 0 unspecified atom stereocenters. The summed E-state index contributed by atoms with van der Waals surface area (Å²) in [5.74, 6) is 1.78. The zero-order chi connectivity index (χ0) is 36.0. The SMILES string of the molecule is c1ccc(-c2ccc3c4ccc(-c5ccccc5)cc4n(-c4cccc(-n5c6ccccc6c6c7cccc8c7c(cc65)Oc5ccccc5-8)c4)c3c2)cc1. The summed E-state index contributed by atoms with van der Waals surface area (Å²) in [5, 5.41) is 7.29. The van der Waals surface area contributed by atoms with Gasteiger partial charge in [0.1, 0.15) is 11.5 Å². The molecule has 3 heterocycles. The van der Waals surface area contributed by atoms with E-state index in [-0.39, 0.29) is 0 Å². The van der Waals surface area contributed by atoms with Gasteiger partial charge < -0.3 is 13.9 Å². The van der Waals surface area contributed by atoms with Crippen LogP contribution in [0.3, 0.4) is 0 Å². The van der Waals surface area contributed by atoms with Gasteiger partial charge in [0.2, 0.25) is 0 Å². The Morgan fingerprint density at radius 1 is 0.291 bits per heavy atom. The molecule has 3 nitrogen and oxygen atoms in total. The summed E-state index contributed by atoms with van der Waals surface area (Å²) < 4.78 is 11.6. The second kappa shape index (κ2) is 11.6. The Balaban J connectivity index is 1.13. The Kier molecular flexibility index (Phi) is 6.34. The van der Waals surface area contributed by atoms with Gasteiger partial charge in [-0.25, -0.2) is 0 Å². The van der Waals surface area contributed by atoms with Crippen LogP contribution in [0.1, 0.15) is 0 Å². The topological polar surface area (TPSA) is 19.1 Å². The largest absolute Gasteiger partial charge is 0.456 e. The van der Waals surface area contributed by atoms with Crippen LogP contribution >= 0.6 is 0 Å². The van der Waals surface area contributed by atoms with E-state index in [1.54, 1.807) is 0 Å². The Morgan fingerprint density at radius 3 is 1.56 bits per heavy atom. The molecule has 0 N–H and O–H groups in total. The molecule has 3 heteroatoms. The molecule has 256 valence electrons. The third kappa shape index (κ3) is 4.44. The normalized spacial score (nSPS) is 12.1. The van der Waals surface area contributed by atoms with Crippen LogP contribution in [0.4, 0.5) is 0 Å². The molecule has 12 rings (SSSR count). The molecule has 0 spiro atoms. The summed E-state index contributed by atoms with van der Waals surface area (Å²) >= 11 is 0. The highest BCUT2D eigenvalue weighted by Crippen LogP contribution is 2.50. The van der Waals surface area contributed by atoms with Crippen LogP contribution in [0.2, 0.25) is 0 Å². The van der Waals surface area contributed by atoms with Gasteiger partial charge in [0.25, 0.3) is 0 Å². The highest BCUT2D eigenvalue weighted by molar-refractivity contribution is 6.25. The number of aromatic nitrogens is 2. The summed E-state index contributed by atoms with van der Waals surface area (Å²) in [5.41, 5.74) is 14.0. The Labute approximate surface area is 317 Å². The van der Waals surface area contributed by atoms with Crippen LogP contribution in [-0.2, 0) is 0 Å². The van der Waals surface area contributed by atoms with Gasteiger partial charge in [-0.05, 0) is 75.7 Å². The number of para-hydroxylation sites is 2. The molecular weight excluding hydrogens is 669 g/mol. The lowest BCUT2D eigenvalue weighted by Crippen LogP contribution is -2.00. The maximum Gasteiger partial charge on any atom is 0.138 e. The van der Waals surface area contributed by atoms with Gasteiger partial charge in [0.15, 0.2) is 0 Å². The van der Waals surface area contributed by atoms with E-state index in [1.165, 1.54) is 71.2 Å². The molecule has 55 heavy (non-hydrogen) atoms. The van der Waals surface area contributed by atoms with Crippen LogP contribution in [0.15, 0.2) is 194 Å². The summed E-state index contributed by atoms with van der Waals surface area (Å²) in [4.78, 5) is 0. The van der Waals surface area contributed by atoms with Crippen molar-refractivity contribution in [3.8, 4) is 56.3 Å². The predicted molar refractivity (Wildman–Crippen MR) is 229 cm³/mol. The minimum atomic E-state index is 0.890. The number of hydrogen-bond donors (Lipinski definition) is 0. The van der Waals surface area contributed by atoms with Crippen molar-refractivity contribution in [2.75, 3.05) is 0 Å². The molecule has 0 bridgehead atoms. The van der Waals surface area contributed by atoms with Crippen molar-refractivity contribution < 1.29 is 4.74 Å². The number of hydrogen-bond acceptors (Lipinski definition) is 1. The monoisotopic (exact) mass is 700 g/mol. The summed E-state index contributed by atoms with van der Waals surface area (Å²) in [7, 11) is 0. The van der Waals surface area contributed by atoms with Gasteiger partial charge in [0, 0.05) is 49.9 Å². The van der Waals surface area contributed by atoms with Gasteiger partial charge >= 0.3 is 0 Å². The minimum absolute atomic E-state index is 0.890. The van der Waals surface area contributed by atoms with Crippen molar-refractivity contribution in [1.29, 1.82) is 0 Å². The van der Waals surface area contributed by atoms with E-state index in [9.17, 15) is 0 Å². The molecule has 2 aromatic heterocycles. The van der Waals surface area contributed by atoms with E-state index >= 15 is 0 Å². The van der Waals surface area contributed by atoms with Crippen LogP contribution in [0.5, 0.6) is 11.5 Å². The molecule has 11 aromatic rings. The Morgan fingerprint density at radius 2 is 0.855 bits per heavy atom. The first kappa shape index (κ1) is 30.1. The molecular formula is C52H32N2O. The number of ether oxygens (including phenoxy) is 1. The molecule has 0 atom stereocenters. The highest BCUT2D eigenvalue weighted by Gasteiger charge is 2.25. The zero-order valence-electron chi connectivity index (χ0n) is 29.8. The summed E-state index contributed by atoms with van der Waals surface area (Å²) in [6, 6.07) is 70.2. The van der Waals surface area contributed by atoms with Crippen molar-refractivity contribution >= 4 is 54.4 Å². The Hall–Kier alpha value is -7.36. The number of nitrogens with zero attached hydrogens (tertiary/aromatic N) is 2. The van der Waals surface area contributed by atoms with E-state index in [4.69, 9.17) is 4.74 Å². The van der Waals surface area contributed by atoms with E-state index in [0.29, 0.717) is 0 Å². The molecule has 0 aliphatic carbocycles. The maximum atomic E-state index is 6.70. The van der Waals surface area contributed by atoms with Gasteiger partial charge in [-0.1, -0.05) is 146 Å². The third-order valence-corrected chi connectivity index (χ3v) is 11.5. The number of benzene rings is 9. The Bertz CT molecular complexity index is 3240. The van der Waals surface area contributed by atoms with Crippen LogP contribution in [0, 0.1) is 0 Å². The predicted octanol–water partition coefficient (Wildman–Crippen LogP) is 14.1. The lowest BCUT2D eigenvalue weighted by molar-refractivity contribution is 0.487. The van der Waals surface area contributed by atoms with Gasteiger partial charge in [0.05, 0.1) is 22.1 Å². The molecule has 9 aromatic carbocycles. The third-order valence-electron chi connectivity index (χ3n) is 11.5. The molecule has 1 aliphatic heterocycles. The first-order valence-corrected chi connectivity index (χ1v) is 18.8. The lowest BCUT2D eigenvalue weighted by atomic mass is 9.92. The second-order valence-electron chi connectivity index (χ2n) is 14.5. The van der Waals surface area contributed by atoms with Gasteiger partial charge in [-0.15, -0.1) is 0 Å². The first-order chi connectivity index (χ1) is 27.3. The average Bonchev–Trinajstić information content (AvgIpc) is 3.76. The molecule has 0 amide bonds. The molecule has 0 fully saturated rings. The van der Waals surface area contributed by atoms with E-state index < -0.39 is 0 Å². The standard InChI is InChI=1S/C52H32N2O/c1-3-13-33(14-4-1)35-25-27-39-40-28-26-36(34-15-5-2-6-16-34)30-47(40)54(46(39)29-35)38-18-11-17-37(31-38)53-45-23-9-7-20-43(45)51-44-22-12-21-42-41-19-8-10-24-49(41)55-50(52(42)44)32-48(51)53/h1-32H.